The first kappa shape index (κ1) is 21.1. The third-order valence-electron chi connectivity index (χ3n) is 5.05. The number of aliphatic hydroxyl groups excluding tert-OH is 3. The van der Waals surface area contributed by atoms with E-state index in [1.165, 1.54) is 7.11 Å². The molecule has 5 heteroatoms. The third kappa shape index (κ3) is 7.32. The van der Waals surface area contributed by atoms with Gasteiger partial charge in [-0.25, -0.2) is 0 Å². The van der Waals surface area contributed by atoms with Crippen LogP contribution in [-0.2, 0) is 9.53 Å². The monoisotopic (exact) mass is 342 g/mol. The second-order valence-corrected chi connectivity index (χ2v) is 6.85. The van der Waals surface area contributed by atoms with Gasteiger partial charge in [0.25, 0.3) is 0 Å². The average molecular weight is 342 g/mol. The van der Waals surface area contributed by atoms with Crippen molar-refractivity contribution in [2.24, 2.45) is 11.8 Å². The largest absolute Gasteiger partial charge is 0.469 e. The molecule has 1 aliphatic carbocycles. The fraction of sp³-hybridized carbons (Fsp3) is 0.842. The second-order valence-electron chi connectivity index (χ2n) is 6.85. The lowest BCUT2D eigenvalue weighted by atomic mass is 9.90. The molecule has 1 fully saturated rings. The highest BCUT2D eigenvalue weighted by Gasteiger charge is 2.38. The van der Waals surface area contributed by atoms with E-state index >= 15 is 0 Å². The van der Waals surface area contributed by atoms with Gasteiger partial charge in [0.05, 0.1) is 25.4 Å². The van der Waals surface area contributed by atoms with E-state index < -0.39 is 18.3 Å². The number of aliphatic hydroxyl groups is 3. The first-order chi connectivity index (χ1) is 11.5. The van der Waals surface area contributed by atoms with Crippen molar-refractivity contribution in [1.82, 2.24) is 0 Å². The van der Waals surface area contributed by atoms with Gasteiger partial charge in [-0.15, -0.1) is 0 Å². The molecular formula is C19H34O5. The quantitative estimate of drug-likeness (QED) is 0.305. The van der Waals surface area contributed by atoms with Gasteiger partial charge in [0, 0.05) is 18.8 Å². The minimum atomic E-state index is -0.511. The average Bonchev–Trinajstić information content (AvgIpc) is 2.84. The molecule has 1 rings (SSSR count). The van der Waals surface area contributed by atoms with Crippen molar-refractivity contribution in [2.75, 3.05) is 7.11 Å². The van der Waals surface area contributed by atoms with Crippen LogP contribution in [0, 0.1) is 11.8 Å². The summed E-state index contributed by atoms with van der Waals surface area (Å²) >= 11 is 0. The molecular weight excluding hydrogens is 308 g/mol. The van der Waals surface area contributed by atoms with E-state index in [9.17, 15) is 20.1 Å². The Bertz CT molecular complexity index is 382. The van der Waals surface area contributed by atoms with Crippen molar-refractivity contribution in [3.8, 4) is 0 Å². The summed E-state index contributed by atoms with van der Waals surface area (Å²) in [5, 5.41) is 29.9. The molecule has 3 N–H and O–H groups in total. The molecule has 1 aliphatic rings. The number of carbonyl (C=O) groups excluding carboxylic acids is 1. The summed E-state index contributed by atoms with van der Waals surface area (Å²) in [5.74, 6) is -0.128. The minimum absolute atomic E-state index is 0.0574. The van der Waals surface area contributed by atoms with Crippen LogP contribution in [0.25, 0.3) is 0 Å². The van der Waals surface area contributed by atoms with E-state index in [0.717, 1.165) is 38.5 Å². The predicted molar refractivity (Wildman–Crippen MR) is 93.4 cm³/mol. The molecule has 5 nitrogen and oxygen atoms in total. The Morgan fingerprint density at radius 3 is 2.50 bits per heavy atom. The van der Waals surface area contributed by atoms with Crippen molar-refractivity contribution in [2.45, 2.75) is 83.0 Å². The van der Waals surface area contributed by atoms with Crippen LogP contribution >= 0.6 is 0 Å². The van der Waals surface area contributed by atoms with E-state index in [-0.39, 0.29) is 17.8 Å². The highest BCUT2D eigenvalue weighted by Crippen LogP contribution is 2.35. The number of methoxy groups -OCH3 is 1. The van der Waals surface area contributed by atoms with Gasteiger partial charge in [-0.05, 0) is 18.8 Å². The minimum Gasteiger partial charge on any atom is -0.469 e. The zero-order valence-corrected chi connectivity index (χ0v) is 15.1. The Balaban J connectivity index is 2.15. The molecule has 0 saturated heterocycles. The Morgan fingerprint density at radius 1 is 1.17 bits per heavy atom. The molecule has 0 aromatic rings. The maximum atomic E-state index is 11.0. The molecule has 0 radical (unpaired) electrons. The van der Waals surface area contributed by atoms with Crippen LogP contribution in [0.1, 0.15) is 64.7 Å². The van der Waals surface area contributed by atoms with E-state index in [1.807, 2.05) is 13.0 Å². The third-order valence-corrected chi connectivity index (χ3v) is 5.05. The molecule has 1 saturated carbocycles. The maximum Gasteiger partial charge on any atom is 0.305 e. The molecule has 0 aromatic carbocycles. The van der Waals surface area contributed by atoms with Crippen LogP contribution in [0.5, 0.6) is 0 Å². The Kier molecular flexibility index (Phi) is 10.2. The van der Waals surface area contributed by atoms with Gasteiger partial charge in [0.15, 0.2) is 0 Å². The molecule has 24 heavy (non-hydrogen) atoms. The predicted octanol–water partition coefficient (Wildman–Crippen LogP) is 2.58. The standard InChI is InChI=1S/C19H34O5/c1-3-15-16(18(22)13-17(15)21)12-11-14(20)9-7-5-4-6-8-10-19(23)24-2/h11-12,14-18,20-22H,3-10,13H2,1-2H3/b12-11+/t14-,15+,16-,17+,18-/m1/s1. The topological polar surface area (TPSA) is 87.0 Å². The van der Waals surface area contributed by atoms with Crippen molar-refractivity contribution in [1.29, 1.82) is 0 Å². The van der Waals surface area contributed by atoms with Crippen molar-refractivity contribution < 1.29 is 24.9 Å². The number of esters is 1. The number of hydrogen-bond acceptors (Lipinski definition) is 5. The van der Waals surface area contributed by atoms with E-state index in [1.54, 1.807) is 6.08 Å². The normalized spacial score (nSPS) is 28.4. The van der Waals surface area contributed by atoms with Crippen LogP contribution in [0.15, 0.2) is 12.2 Å². The van der Waals surface area contributed by atoms with Crippen LogP contribution in [-0.4, -0.2) is 46.7 Å². The fourth-order valence-electron chi connectivity index (χ4n) is 3.54. The van der Waals surface area contributed by atoms with Crippen molar-refractivity contribution >= 4 is 5.97 Å². The molecule has 0 bridgehead atoms. The Morgan fingerprint density at radius 2 is 1.83 bits per heavy atom. The summed E-state index contributed by atoms with van der Waals surface area (Å²) in [5.41, 5.74) is 0. The molecule has 0 amide bonds. The van der Waals surface area contributed by atoms with E-state index in [4.69, 9.17) is 0 Å². The summed E-state index contributed by atoms with van der Waals surface area (Å²) in [7, 11) is 1.41. The second kappa shape index (κ2) is 11.6. The zero-order valence-electron chi connectivity index (χ0n) is 15.1. The van der Waals surface area contributed by atoms with Gasteiger partial charge in [-0.2, -0.15) is 0 Å². The molecule has 0 unspecified atom stereocenters. The summed E-state index contributed by atoms with van der Waals surface area (Å²) in [6.07, 6.45) is 9.54. The SMILES string of the molecule is CC[C@H]1[C@@H](/C=C/[C@H](O)CCCCCCCC(=O)OC)[C@H](O)C[C@@H]1O. The first-order valence-corrected chi connectivity index (χ1v) is 9.28. The van der Waals surface area contributed by atoms with Gasteiger partial charge in [0.2, 0.25) is 0 Å². The highest BCUT2D eigenvalue weighted by atomic mass is 16.5. The maximum absolute atomic E-state index is 11.0. The molecule has 0 heterocycles. The summed E-state index contributed by atoms with van der Waals surface area (Å²) in [6.45, 7) is 2.02. The molecule has 140 valence electrons. The molecule has 0 aromatic heterocycles. The lowest BCUT2D eigenvalue weighted by molar-refractivity contribution is -0.140. The molecule has 5 atom stereocenters. The Hall–Kier alpha value is -0.910. The van der Waals surface area contributed by atoms with Crippen LogP contribution < -0.4 is 0 Å². The summed E-state index contributed by atoms with van der Waals surface area (Å²) < 4.78 is 4.60. The van der Waals surface area contributed by atoms with Crippen LogP contribution in [0.3, 0.4) is 0 Å². The highest BCUT2D eigenvalue weighted by molar-refractivity contribution is 5.68. The van der Waals surface area contributed by atoms with E-state index in [0.29, 0.717) is 19.3 Å². The fourth-order valence-corrected chi connectivity index (χ4v) is 3.54. The van der Waals surface area contributed by atoms with Crippen LogP contribution in [0.2, 0.25) is 0 Å². The van der Waals surface area contributed by atoms with E-state index in [2.05, 4.69) is 4.74 Å². The molecule has 0 aliphatic heterocycles. The van der Waals surface area contributed by atoms with Gasteiger partial charge >= 0.3 is 5.97 Å². The Labute approximate surface area is 145 Å². The lowest BCUT2D eigenvalue weighted by Gasteiger charge is -2.19. The van der Waals surface area contributed by atoms with Gasteiger partial charge in [-0.1, -0.05) is 51.2 Å². The van der Waals surface area contributed by atoms with Crippen molar-refractivity contribution in [3.05, 3.63) is 12.2 Å². The van der Waals surface area contributed by atoms with Crippen LogP contribution in [0.4, 0.5) is 0 Å². The zero-order chi connectivity index (χ0) is 17.9. The lowest BCUT2D eigenvalue weighted by Crippen LogP contribution is -2.20. The van der Waals surface area contributed by atoms with Gasteiger partial charge in [0.1, 0.15) is 0 Å². The first-order valence-electron chi connectivity index (χ1n) is 9.28. The number of ether oxygens (including phenoxy) is 1. The summed E-state index contributed by atoms with van der Waals surface area (Å²) in [4.78, 5) is 11.0. The molecule has 0 spiro atoms. The van der Waals surface area contributed by atoms with Crippen molar-refractivity contribution in [3.63, 3.8) is 0 Å². The smallest absolute Gasteiger partial charge is 0.305 e. The number of rotatable bonds is 11. The number of hydrogen-bond donors (Lipinski definition) is 3. The number of unbranched alkanes of at least 4 members (excludes halogenated alkanes) is 4. The van der Waals surface area contributed by atoms with Gasteiger partial charge in [-0.3, -0.25) is 4.79 Å². The van der Waals surface area contributed by atoms with Gasteiger partial charge < -0.3 is 20.1 Å². The summed E-state index contributed by atoms with van der Waals surface area (Å²) in [6, 6.07) is 0. The number of carbonyl (C=O) groups is 1.